The molecule has 1 aliphatic rings. The van der Waals surface area contributed by atoms with Crippen LogP contribution in [0.4, 0.5) is 0 Å². The van der Waals surface area contributed by atoms with E-state index in [1.54, 1.807) is 30.5 Å². The second-order valence-electron chi connectivity index (χ2n) is 7.36. The molecule has 0 bridgehead atoms. The Balaban J connectivity index is 1.42. The Kier molecular flexibility index (Phi) is 6.46. The second-order valence-corrected chi connectivity index (χ2v) is 7.36. The van der Waals surface area contributed by atoms with Crippen LogP contribution in [-0.4, -0.2) is 24.8 Å². The van der Waals surface area contributed by atoms with E-state index < -0.39 is 6.04 Å². The highest BCUT2D eigenvalue weighted by atomic mass is 16.7. The molecule has 7 nitrogen and oxygen atoms in total. The maximum atomic E-state index is 12.6. The first kappa shape index (κ1) is 21.1. The number of amides is 2. The van der Waals surface area contributed by atoms with Gasteiger partial charge in [0.25, 0.3) is 5.91 Å². The first-order valence-electron chi connectivity index (χ1n) is 10.2. The third kappa shape index (κ3) is 5.13. The molecule has 1 heterocycles. The molecule has 7 heteroatoms. The van der Waals surface area contributed by atoms with Crippen LogP contribution in [-0.2, 0) is 4.79 Å². The van der Waals surface area contributed by atoms with Gasteiger partial charge in [-0.2, -0.15) is 5.10 Å². The van der Waals surface area contributed by atoms with Gasteiger partial charge in [-0.15, -0.1) is 0 Å². The zero-order chi connectivity index (χ0) is 22.3. The molecule has 2 N–H and O–H groups in total. The number of nitrogens with one attached hydrogen (secondary N) is 2. The summed E-state index contributed by atoms with van der Waals surface area (Å²) in [7, 11) is 0. The summed E-state index contributed by atoms with van der Waals surface area (Å²) >= 11 is 0. The summed E-state index contributed by atoms with van der Waals surface area (Å²) in [6.45, 7) is 2.12. The van der Waals surface area contributed by atoms with E-state index in [9.17, 15) is 9.59 Å². The van der Waals surface area contributed by atoms with Gasteiger partial charge in [0.1, 0.15) is 0 Å². The standard InChI is InChI=1S/C25H23N3O4/c1-17-12-22-23(32-16-31-22)13-20(17)15-26-28-24(29)14-21(18-8-4-2-5-9-18)27-25(30)19-10-6-3-7-11-19/h2-13,15,21H,14,16H2,1H3,(H,27,30)(H,28,29)/b26-15-/t21-/m0/s1. The Morgan fingerprint density at radius 3 is 2.38 bits per heavy atom. The molecular weight excluding hydrogens is 406 g/mol. The van der Waals surface area contributed by atoms with Crippen LogP contribution in [0.2, 0.25) is 0 Å². The van der Waals surface area contributed by atoms with Crippen LogP contribution in [0.3, 0.4) is 0 Å². The molecule has 0 aliphatic carbocycles. The number of fused-ring (bicyclic) bond motifs is 1. The molecular formula is C25H23N3O4. The van der Waals surface area contributed by atoms with Gasteiger partial charge >= 0.3 is 0 Å². The quantitative estimate of drug-likeness (QED) is 0.442. The minimum absolute atomic E-state index is 0.0417. The molecule has 0 unspecified atom stereocenters. The molecule has 0 aromatic heterocycles. The number of nitrogens with zero attached hydrogens (tertiary/aromatic N) is 1. The largest absolute Gasteiger partial charge is 0.454 e. The van der Waals surface area contributed by atoms with Crippen molar-refractivity contribution >= 4 is 18.0 Å². The highest BCUT2D eigenvalue weighted by Gasteiger charge is 2.19. The second kappa shape index (κ2) is 9.78. The van der Waals surface area contributed by atoms with Crippen LogP contribution in [0.5, 0.6) is 11.5 Å². The summed E-state index contributed by atoms with van der Waals surface area (Å²) in [5.74, 6) is 0.785. The van der Waals surface area contributed by atoms with E-state index in [2.05, 4.69) is 15.8 Å². The number of rotatable bonds is 7. The lowest BCUT2D eigenvalue weighted by atomic mass is 10.0. The molecule has 1 atom stereocenters. The molecule has 0 saturated heterocycles. The van der Waals surface area contributed by atoms with Crippen molar-refractivity contribution in [3.8, 4) is 11.5 Å². The summed E-state index contributed by atoms with van der Waals surface area (Å²) in [5.41, 5.74) is 5.67. The maximum absolute atomic E-state index is 12.6. The first-order chi connectivity index (χ1) is 15.6. The molecule has 162 valence electrons. The Bertz CT molecular complexity index is 1130. The van der Waals surface area contributed by atoms with Crippen molar-refractivity contribution in [1.82, 2.24) is 10.7 Å². The van der Waals surface area contributed by atoms with E-state index >= 15 is 0 Å². The van der Waals surface area contributed by atoms with Crippen LogP contribution < -0.4 is 20.2 Å². The van der Waals surface area contributed by atoms with Gasteiger partial charge < -0.3 is 14.8 Å². The molecule has 2 amide bonds. The number of hydrazone groups is 1. The molecule has 1 aliphatic heterocycles. The third-order valence-electron chi connectivity index (χ3n) is 5.09. The molecule has 0 fully saturated rings. The summed E-state index contributed by atoms with van der Waals surface area (Å²) in [6, 6.07) is 21.5. The Hall–Kier alpha value is -4.13. The Morgan fingerprint density at radius 2 is 1.66 bits per heavy atom. The van der Waals surface area contributed by atoms with Gasteiger partial charge in [0.2, 0.25) is 12.7 Å². The van der Waals surface area contributed by atoms with Crippen LogP contribution in [0, 0.1) is 6.92 Å². The fourth-order valence-corrected chi connectivity index (χ4v) is 3.37. The van der Waals surface area contributed by atoms with E-state index in [-0.39, 0.29) is 25.0 Å². The smallest absolute Gasteiger partial charge is 0.251 e. The van der Waals surface area contributed by atoms with Crippen molar-refractivity contribution in [2.75, 3.05) is 6.79 Å². The average Bonchev–Trinajstić information content (AvgIpc) is 3.27. The van der Waals surface area contributed by atoms with E-state index in [0.717, 1.165) is 16.7 Å². The lowest BCUT2D eigenvalue weighted by molar-refractivity contribution is -0.121. The van der Waals surface area contributed by atoms with Gasteiger partial charge in [0, 0.05) is 11.1 Å². The van der Waals surface area contributed by atoms with E-state index in [1.807, 2.05) is 55.5 Å². The van der Waals surface area contributed by atoms with Gasteiger partial charge in [-0.05, 0) is 42.3 Å². The zero-order valence-electron chi connectivity index (χ0n) is 17.6. The summed E-state index contributed by atoms with van der Waals surface area (Å²) in [4.78, 5) is 25.2. The van der Waals surface area contributed by atoms with E-state index in [0.29, 0.717) is 17.1 Å². The monoisotopic (exact) mass is 429 g/mol. The minimum Gasteiger partial charge on any atom is -0.454 e. The first-order valence-corrected chi connectivity index (χ1v) is 10.2. The van der Waals surface area contributed by atoms with Crippen molar-refractivity contribution in [1.29, 1.82) is 0 Å². The number of hydrogen-bond donors (Lipinski definition) is 2. The number of hydrogen-bond acceptors (Lipinski definition) is 5. The number of carbonyl (C=O) groups excluding carboxylic acids is 2. The van der Waals surface area contributed by atoms with Crippen molar-refractivity contribution in [3.05, 3.63) is 95.1 Å². The minimum atomic E-state index is -0.494. The molecule has 0 radical (unpaired) electrons. The number of carbonyl (C=O) groups is 2. The summed E-state index contributed by atoms with van der Waals surface area (Å²) in [6.07, 6.45) is 1.61. The normalized spacial score (nSPS) is 13.0. The third-order valence-corrected chi connectivity index (χ3v) is 5.09. The predicted octanol–water partition coefficient (Wildman–Crippen LogP) is 3.74. The Morgan fingerprint density at radius 1 is 1.00 bits per heavy atom. The van der Waals surface area contributed by atoms with Gasteiger partial charge in [-0.25, -0.2) is 5.43 Å². The van der Waals surface area contributed by atoms with Crippen molar-refractivity contribution in [2.45, 2.75) is 19.4 Å². The fraction of sp³-hybridized carbons (Fsp3) is 0.160. The fourth-order valence-electron chi connectivity index (χ4n) is 3.37. The van der Waals surface area contributed by atoms with Crippen LogP contribution in [0.15, 0.2) is 77.9 Å². The lowest BCUT2D eigenvalue weighted by Crippen LogP contribution is -2.32. The van der Waals surface area contributed by atoms with Crippen molar-refractivity contribution < 1.29 is 19.1 Å². The van der Waals surface area contributed by atoms with Gasteiger partial charge in [0.05, 0.1) is 18.7 Å². The lowest BCUT2D eigenvalue weighted by Gasteiger charge is -2.18. The van der Waals surface area contributed by atoms with Gasteiger partial charge in [0.15, 0.2) is 11.5 Å². The number of benzene rings is 3. The summed E-state index contributed by atoms with van der Waals surface area (Å²) in [5, 5.41) is 7.02. The Labute approximate surface area is 186 Å². The maximum Gasteiger partial charge on any atom is 0.251 e. The van der Waals surface area contributed by atoms with Crippen molar-refractivity contribution in [3.63, 3.8) is 0 Å². The molecule has 3 aromatic carbocycles. The number of aryl methyl sites for hydroxylation is 1. The van der Waals surface area contributed by atoms with Crippen LogP contribution in [0.25, 0.3) is 0 Å². The van der Waals surface area contributed by atoms with Crippen molar-refractivity contribution in [2.24, 2.45) is 5.10 Å². The highest BCUT2D eigenvalue weighted by Crippen LogP contribution is 2.34. The zero-order valence-corrected chi connectivity index (χ0v) is 17.6. The van der Waals surface area contributed by atoms with E-state index in [4.69, 9.17) is 9.47 Å². The molecule has 4 rings (SSSR count). The average molecular weight is 429 g/mol. The van der Waals surface area contributed by atoms with Gasteiger partial charge in [-0.1, -0.05) is 48.5 Å². The summed E-state index contributed by atoms with van der Waals surface area (Å²) < 4.78 is 10.7. The predicted molar refractivity (Wildman–Crippen MR) is 121 cm³/mol. The number of ether oxygens (including phenoxy) is 2. The van der Waals surface area contributed by atoms with Crippen LogP contribution in [0.1, 0.15) is 39.5 Å². The van der Waals surface area contributed by atoms with Gasteiger partial charge in [-0.3, -0.25) is 9.59 Å². The molecule has 3 aromatic rings. The molecule has 0 saturated carbocycles. The highest BCUT2D eigenvalue weighted by molar-refractivity contribution is 5.94. The SMILES string of the molecule is Cc1cc2c(cc1/C=N\NC(=O)C[C@H](NC(=O)c1ccccc1)c1ccccc1)OCO2. The topological polar surface area (TPSA) is 89.0 Å². The van der Waals surface area contributed by atoms with E-state index in [1.165, 1.54) is 0 Å². The van der Waals surface area contributed by atoms with Crippen LogP contribution >= 0.6 is 0 Å². The molecule has 0 spiro atoms. The molecule has 32 heavy (non-hydrogen) atoms.